The summed E-state index contributed by atoms with van der Waals surface area (Å²) in [6.07, 6.45) is 4.01. The van der Waals surface area contributed by atoms with Crippen LogP contribution in [0.2, 0.25) is 0 Å². The molecule has 2 N–H and O–H groups in total. The van der Waals surface area contributed by atoms with E-state index in [0.29, 0.717) is 0 Å². The molecule has 0 aromatic heterocycles. The Hall–Kier alpha value is -0.120. The van der Waals surface area contributed by atoms with Crippen LogP contribution in [0.3, 0.4) is 0 Å². The molecule has 4 fully saturated rings. The smallest absolute Gasteiger partial charge is 0.0938 e. The maximum absolute atomic E-state index is 10.9. The first kappa shape index (κ1) is 12.9. The molecule has 2 saturated heterocycles. The van der Waals surface area contributed by atoms with Gasteiger partial charge < -0.3 is 14.9 Å². The Labute approximate surface area is 110 Å². The SMILES string of the molecule is C[C@@H]1[C@H](O)CC[C@]23CC[C@](O)(C[C@@]12C)C(C)(C)O3. The van der Waals surface area contributed by atoms with E-state index in [4.69, 9.17) is 4.74 Å². The Morgan fingerprint density at radius 2 is 1.78 bits per heavy atom. The number of hydrogen-bond acceptors (Lipinski definition) is 3. The third-order valence-corrected chi connectivity index (χ3v) is 6.64. The normalized spacial score (nSPS) is 58.3. The van der Waals surface area contributed by atoms with Crippen molar-refractivity contribution < 1.29 is 14.9 Å². The highest BCUT2D eigenvalue weighted by Crippen LogP contribution is 2.66. The topological polar surface area (TPSA) is 49.7 Å². The molecule has 4 aliphatic rings. The first-order valence-corrected chi connectivity index (χ1v) is 7.27. The minimum Gasteiger partial charge on any atom is -0.393 e. The van der Waals surface area contributed by atoms with Crippen molar-refractivity contribution in [3.63, 3.8) is 0 Å². The Balaban J connectivity index is 2.07. The van der Waals surface area contributed by atoms with E-state index in [2.05, 4.69) is 13.8 Å². The summed E-state index contributed by atoms with van der Waals surface area (Å²) < 4.78 is 6.43. The van der Waals surface area contributed by atoms with Gasteiger partial charge in [-0.3, -0.25) is 0 Å². The van der Waals surface area contributed by atoms with Crippen LogP contribution < -0.4 is 0 Å². The van der Waals surface area contributed by atoms with Gasteiger partial charge in [-0.1, -0.05) is 13.8 Å². The number of aliphatic hydroxyl groups excluding tert-OH is 1. The molecule has 0 radical (unpaired) electrons. The van der Waals surface area contributed by atoms with E-state index in [1.54, 1.807) is 0 Å². The summed E-state index contributed by atoms with van der Waals surface area (Å²) in [5.41, 5.74) is -1.45. The molecule has 104 valence electrons. The molecule has 5 atom stereocenters. The van der Waals surface area contributed by atoms with E-state index in [0.717, 1.165) is 32.1 Å². The van der Waals surface area contributed by atoms with Crippen LogP contribution >= 0.6 is 0 Å². The van der Waals surface area contributed by atoms with Crippen molar-refractivity contribution >= 4 is 0 Å². The van der Waals surface area contributed by atoms with E-state index in [1.807, 2.05) is 13.8 Å². The zero-order chi connectivity index (χ0) is 13.4. The van der Waals surface area contributed by atoms with E-state index in [9.17, 15) is 10.2 Å². The van der Waals surface area contributed by atoms with Gasteiger partial charge in [0.05, 0.1) is 22.9 Å². The average Bonchev–Trinajstić information content (AvgIpc) is 2.26. The number of hydrogen-bond donors (Lipinski definition) is 2. The van der Waals surface area contributed by atoms with E-state index in [-0.39, 0.29) is 23.0 Å². The number of rotatable bonds is 0. The summed E-state index contributed by atoms with van der Waals surface area (Å²) in [7, 11) is 0. The quantitative estimate of drug-likeness (QED) is 0.697. The Kier molecular flexibility index (Phi) is 2.37. The van der Waals surface area contributed by atoms with Gasteiger partial charge in [-0.2, -0.15) is 0 Å². The van der Waals surface area contributed by atoms with Gasteiger partial charge in [0, 0.05) is 5.41 Å². The largest absolute Gasteiger partial charge is 0.393 e. The maximum atomic E-state index is 10.9. The average molecular weight is 254 g/mol. The fraction of sp³-hybridized carbons (Fsp3) is 1.00. The molecule has 3 nitrogen and oxygen atoms in total. The molecule has 2 aliphatic carbocycles. The lowest BCUT2D eigenvalue weighted by Crippen LogP contribution is -2.76. The predicted molar refractivity (Wildman–Crippen MR) is 69.2 cm³/mol. The third-order valence-electron chi connectivity index (χ3n) is 6.64. The van der Waals surface area contributed by atoms with Crippen LogP contribution in [-0.4, -0.2) is 33.1 Å². The molecule has 2 heterocycles. The van der Waals surface area contributed by atoms with Crippen LogP contribution in [0.15, 0.2) is 0 Å². The summed E-state index contributed by atoms with van der Waals surface area (Å²) >= 11 is 0. The monoisotopic (exact) mass is 254 g/mol. The van der Waals surface area contributed by atoms with Crippen molar-refractivity contribution in [3.8, 4) is 0 Å². The molecule has 1 spiro atoms. The number of fused-ring (bicyclic) bond motifs is 2. The van der Waals surface area contributed by atoms with Crippen molar-refractivity contribution in [2.45, 2.75) is 82.7 Å². The van der Waals surface area contributed by atoms with Crippen molar-refractivity contribution in [1.29, 1.82) is 0 Å². The fourth-order valence-corrected chi connectivity index (χ4v) is 4.91. The highest BCUT2D eigenvalue weighted by atomic mass is 16.5. The van der Waals surface area contributed by atoms with Crippen LogP contribution in [-0.2, 0) is 4.74 Å². The van der Waals surface area contributed by atoms with Crippen molar-refractivity contribution in [1.82, 2.24) is 0 Å². The Bertz CT molecular complexity index is 376. The van der Waals surface area contributed by atoms with Gasteiger partial charge in [-0.05, 0) is 51.9 Å². The lowest BCUT2D eigenvalue weighted by atomic mass is 9.46. The van der Waals surface area contributed by atoms with Crippen molar-refractivity contribution in [3.05, 3.63) is 0 Å². The van der Waals surface area contributed by atoms with Gasteiger partial charge >= 0.3 is 0 Å². The Morgan fingerprint density at radius 1 is 1.11 bits per heavy atom. The molecule has 0 aromatic rings. The molecule has 18 heavy (non-hydrogen) atoms. The van der Waals surface area contributed by atoms with Gasteiger partial charge in [0.1, 0.15) is 0 Å². The summed E-state index contributed by atoms with van der Waals surface area (Å²) in [5.74, 6) is 0.189. The molecular formula is C15H26O3. The fourth-order valence-electron chi connectivity index (χ4n) is 4.91. The van der Waals surface area contributed by atoms with Gasteiger partial charge in [0.25, 0.3) is 0 Å². The second-order valence-corrected chi connectivity index (χ2v) is 7.63. The number of ether oxygens (including phenoxy) is 1. The zero-order valence-corrected chi connectivity index (χ0v) is 12.0. The summed E-state index contributed by atoms with van der Waals surface area (Å²) in [6, 6.07) is 0. The minimum absolute atomic E-state index is 0.104. The first-order chi connectivity index (χ1) is 8.16. The number of aliphatic hydroxyl groups is 2. The second kappa shape index (κ2) is 3.31. The highest BCUT2D eigenvalue weighted by Gasteiger charge is 2.70. The van der Waals surface area contributed by atoms with E-state index in [1.165, 1.54) is 0 Å². The predicted octanol–water partition coefficient (Wildman–Crippen LogP) is 2.25. The van der Waals surface area contributed by atoms with Gasteiger partial charge in [-0.25, -0.2) is 0 Å². The van der Waals surface area contributed by atoms with Crippen molar-refractivity contribution in [2.24, 2.45) is 11.3 Å². The Morgan fingerprint density at radius 3 is 2.39 bits per heavy atom. The van der Waals surface area contributed by atoms with Gasteiger partial charge in [0.15, 0.2) is 0 Å². The molecule has 0 aromatic carbocycles. The summed E-state index contributed by atoms with van der Waals surface area (Å²) in [6.45, 7) is 8.36. The molecule has 4 rings (SSSR count). The molecule has 2 saturated carbocycles. The first-order valence-electron chi connectivity index (χ1n) is 7.27. The van der Waals surface area contributed by atoms with Crippen molar-refractivity contribution in [2.75, 3.05) is 0 Å². The highest BCUT2D eigenvalue weighted by molar-refractivity contribution is 5.20. The van der Waals surface area contributed by atoms with Crippen LogP contribution in [0.5, 0.6) is 0 Å². The maximum Gasteiger partial charge on any atom is 0.0938 e. The lowest BCUT2D eigenvalue weighted by molar-refractivity contribution is -0.372. The van der Waals surface area contributed by atoms with Gasteiger partial charge in [-0.15, -0.1) is 0 Å². The minimum atomic E-state index is -0.741. The second-order valence-electron chi connectivity index (χ2n) is 7.63. The van der Waals surface area contributed by atoms with Gasteiger partial charge in [0.2, 0.25) is 0 Å². The summed E-state index contributed by atoms with van der Waals surface area (Å²) in [5, 5.41) is 21.1. The lowest BCUT2D eigenvalue weighted by Gasteiger charge is -2.70. The third kappa shape index (κ3) is 1.26. The molecule has 3 heteroatoms. The molecule has 2 aliphatic heterocycles. The van der Waals surface area contributed by atoms with E-state index >= 15 is 0 Å². The van der Waals surface area contributed by atoms with Crippen LogP contribution in [0, 0.1) is 11.3 Å². The van der Waals surface area contributed by atoms with Crippen LogP contribution in [0.25, 0.3) is 0 Å². The van der Waals surface area contributed by atoms with Crippen LogP contribution in [0.1, 0.15) is 59.8 Å². The summed E-state index contributed by atoms with van der Waals surface area (Å²) in [4.78, 5) is 0. The zero-order valence-electron chi connectivity index (χ0n) is 12.0. The van der Waals surface area contributed by atoms with Crippen LogP contribution in [0.4, 0.5) is 0 Å². The molecule has 2 bridgehead atoms. The molecular weight excluding hydrogens is 228 g/mol. The van der Waals surface area contributed by atoms with E-state index < -0.39 is 11.2 Å². The molecule has 0 unspecified atom stereocenters. The molecule has 0 amide bonds. The standard InChI is InChI=1S/C15H26O3/c1-10-11(16)5-6-15-8-7-14(17,9-13(10,15)4)12(2,3)18-15/h10-11,16-17H,5-9H2,1-4H3/t10-,11-,13+,14+,15+/m1/s1.